The molecule has 0 aliphatic carbocycles. The molecule has 2 heterocycles. The Hall–Kier alpha value is -2.56. The lowest BCUT2D eigenvalue weighted by Gasteiger charge is -2.17. The largest absolute Gasteiger partial charge is 0.348 e. The zero-order valence-corrected chi connectivity index (χ0v) is 14.1. The van der Waals surface area contributed by atoms with E-state index in [4.69, 9.17) is 24.4 Å². The van der Waals surface area contributed by atoms with E-state index in [2.05, 4.69) is 9.97 Å². The highest BCUT2D eigenvalue weighted by Gasteiger charge is 2.21. The normalized spacial score (nSPS) is 11.1. The summed E-state index contributed by atoms with van der Waals surface area (Å²) >= 11 is 0. The summed E-state index contributed by atoms with van der Waals surface area (Å²) < 4.78 is 35.9. The van der Waals surface area contributed by atoms with Crippen LogP contribution in [0.1, 0.15) is 11.3 Å². The summed E-state index contributed by atoms with van der Waals surface area (Å²) in [4.78, 5) is 19.0. The number of rotatable bonds is 1. The number of anilines is 1. The lowest BCUT2D eigenvalue weighted by atomic mass is 10.1. The number of nitrogen functional groups attached to an aromatic ring is 1. The van der Waals surface area contributed by atoms with Crippen molar-refractivity contribution in [3.05, 3.63) is 58.0 Å². The van der Waals surface area contributed by atoms with Gasteiger partial charge in [0.2, 0.25) is 0 Å². The minimum Gasteiger partial charge on any atom is -0.348 e. The third-order valence-electron chi connectivity index (χ3n) is 3.32. The fourth-order valence-corrected chi connectivity index (χ4v) is 2.52. The standard InChI is InChI=1S/C15H14N4O.ClHO4/c1-9-8-10(2)19(11-6-4-3-5-7-11)13-12(9)14(20)18-15(16)17-13;2-1(3,4)5/h3-8H,1-2H3,(H2,16,18,20);(H,2,3,4,5). The number of nitrogens with zero attached hydrogens (tertiary/aromatic N) is 2. The molecule has 2 aromatic heterocycles. The Balaban J connectivity index is 0.000000399. The Morgan fingerprint density at radius 1 is 1.12 bits per heavy atom. The number of pyridine rings is 1. The summed E-state index contributed by atoms with van der Waals surface area (Å²) in [5.74, 6) is 0.122. The van der Waals surface area contributed by atoms with Crippen LogP contribution >= 0.6 is 0 Å². The van der Waals surface area contributed by atoms with Crippen LogP contribution in [0.2, 0.25) is 0 Å². The number of aryl methyl sites for hydroxylation is 2. The minimum atomic E-state index is -4.94. The molecule has 0 aliphatic rings. The molecule has 0 radical (unpaired) electrons. The summed E-state index contributed by atoms with van der Waals surface area (Å²) in [6.07, 6.45) is 0. The predicted octanol–water partition coefficient (Wildman–Crippen LogP) is -3.36. The average Bonchev–Trinajstić information content (AvgIpc) is 2.45. The molecule has 0 spiro atoms. The van der Waals surface area contributed by atoms with Gasteiger partial charge in [-0.1, -0.05) is 18.2 Å². The van der Waals surface area contributed by atoms with Crippen LogP contribution in [0.5, 0.6) is 0 Å². The van der Waals surface area contributed by atoms with E-state index in [0.717, 1.165) is 16.9 Å². The number of H-pyrrole nitrogens is 1. The van der Waals surface area contributed by atoms with Crippen molar-refractivity contribution in [2.45, 2.75) is 13.8 Å². The van der Waals surface area contributed by atoms with Gasteiger partial charge in [0, 0.05) is 0 Å². The van der Waals surface area contributed by atoms with E-state index < -0.39 is 10.2 Å². The highest BCUT2D eigenvalue weighted by Crippen LogP contribution is 2.13. The van der Waals surface area contributed by atoms with Gasteiger partial charge in [0.15, 0.2) is 0 Å². The number of hydrogen-bond acceptors (Lipinski definition) is 7. The van der Waals surface area contributed by atoms with Crippen LogP contribution in [0.15, 0.2) is 41.2 Å². The first kappa shape index (κ1) is 18.8. The number of fused-ring (bicyclic) bond motifs is 1. The van der Waals surface area contributed by atoms with Gasteiger partial charge in [-0.3, -0.25) is 9.78 Å². The molecule has 132 valence electrons. The van der Waals surface area contributed by atoms with Gasteiger partial charge < -0.3 is 5.73 Å². The van der Waals surface area contributed by atoms with Crippen LogP contribution in [0.25, 0.3) is 16.7 Å². The molecule has 0 saturated heterocycles. The number of para-hydroxylation sites is 1. The molecule has 0 atom stereocenters. The molecular weight excluding hydrogens is 352 g/mol. The third-order valence-corrected chi connectivity index (χ3v) is 3.32. The maximum atomic E-state index is 12.1. The Bertz CT molecular complexity index is 948. The van der Waals surface area contributed by atoms with Crippen molar-refractivity contribution in [2.75, 3.05) is 5.73 Å². The van der Waals surface area contributed by atoms with Gasteiger partial charge in [-0.15, -0.1) is 10.2 Å². The van der Waals surface area contributed by atoms with Gasteiger partial charge in [0.25, 0.3) is 5.56 Å². The van der Waals surface area contributed by atoms with Crippen molar-refractivity contribution in [1.29, 1.82) is 0 Å². The number of benzene rings is 1. The number of aromatic nitrogens is 3. The maximum Gasteiger partial charge on any atom is 0.345 e. The molecule has 0 amide bonds. The van der Waals surface area contributed by atoms with Crippen LogP contribution in [0.3, 0.4) is 0 Å². The van der Waals surface area contributed by atoms with E-state index in [-0.39, 0.29) is 11.5 Å². The number of nitrogens with one attached hydrogen (secondary N) is 1. The number of hydrogen-bond donors (Lipinski definition) is 2. The quantitative estimate of drug-likeness (QED) is 0.424. The summed E-state index contributed by atoms with van der Waals surface area (Å²) in [6.45, 7) is 3.89. The van der Waals surface area contributed by atoms with Crippen LogP contribution in [0.4, 0.5) is 5.95 Å². The average molecular weight is 367 g/mol. The van der Waals surface area contributed by atoms with Crippen molar-refractivity contribution in [2.24, 2.45) is 0 Å². The Morgan fingerprint density at radius 2 is 1.68 bits per heavy atom. The van der Waals surface area contributed by atoms with Crippen LogP contribution < -0.4 is 34.5 Å². The Morgan fingerprint density at radius 3 is 2.24 bits per heavy atom. The highest BCUT2D eigenvalue weighted by molar-refractivity contribution is 5.76. The van der Waals surface area contributed by atoms with Gasteiger partial charge in [-0.2, -0.15) is 4.57 Å². The molecule has 0 aliphatic heterocycles. The molecule has 1 aromatic carbocycles. The van der Waals surface area contributed by atoms with Gasteiger partial charge in [-0.25, -0.2) is 18.6 Å². The second kappa shape index (κ2) is 7.13. The Kier molecular flexibility index (Phi) is 5.36. The summed E-state index contributed by atoms with van der Waals surface area (Å²) in [7, 11) is -4.94. The van der Waals surface area contributed by atoms with Gasteiger partial charge in [-0.05, 0) is 42.6 Å². The zero-order valence-electron chi connectivity index (χ0n) is 13.4. The molecule has 0 bridgehead atoms. The topological polar surface area (TPSA) is 168 Å². The second-order valence-electron chi connectivity index (χ2n) is 5.17. The first-order valence-corrected chi connectivity index (χ1v) is 8.20. The molecule has 10 heteroatoms. The fraction of sp³-hybridized carbons (Fsp3) is 0.133. The van der Waals surface area contributed by atoms with Crippen molar-refractivity contribution in [1.82, 2.24) is 9.97 Å². The molecule has 25 heavy (non-hydrogen) atoms. The zero-order chi connectivity index (χ0) is 18.8. The molecule has 3 aromatic rings. The monoisotopic (exact) mass is 366 g/mol. The highest BCUT2D eigenvalue weighted by atomic mass is 35.7. The van der Waals surface area contributed by atoms with Crippen molar-refractivity contribution in [3.63, 3.8) is 0 Å². The van der Waals surface area contributed by atoms with Crippen LogP contribution in [0, 0.1) is 24.1 Å². The van der Waals surface area contributed by atoms with Crippen LogP contribution in [-0.2, 0) is 0 Å². The van der Waals surface area contributed by atoms with E-state index in [0.29, 0.717) is 11.0 Å². The third kappa shape index (κ3) is 4.72. The van der Waals surface area contributed by atoms with E-state index >= 15 is 0 Å². The summed E-state index contributed by atoms with van der Waals surface area (Å²) in [5, 5.41) is 0.564. The first-order chi connectivity index (χ1) is 11.6. The summed E-state index contributed by atoms with van der Waals surface area (Å²) in [6, 6.07) is 11.8. The van der Waals surface area contributed by atoms with Gasteiger partial charge in [0.05, 0.1) is 0 Å². The molecule has 3 N–H and O–H groups in total. The molecule has 9 nitrogen and oxygen atoms in total. The number of aromatic amines is 1. The van der Waals surface area contributed by atoms with E-state index in [9.17, 15) is 4.79 Å². The van der Waals surface area contributed by atoms with E-state index in [1.54, 1.807) is 0 Å². The minimum absolute atomic E-state index is 0.122. The molecule has 0 fully saturated rings. The fourth-order valence-electron chi connectivity index (χ4n) is 2.52. The Labute approximate surface area is 144 Å². The van der Waals surface area contributed by atoms with E-state index in [1.165, 1.54) is 0 Å². The lowest BCUT2D eigenvalue weighted by molar-refractivity contribution is -2.00. The predicted molar refractivity (Wildman–Crippen MR) is 77.8 cm³/mol. The lowest BCUT2D eigenvalue weighted by Crippen LogP contribution is -2.68. The smallest absolute Gasteiger partial charge is 0.345 e. The molecule has 0 unspecified atom stereocenters. The number of halogens is 1. The van der Waals surface area contributed by atoms with Crippen molar-refractivity contribution >= 4 is 17.0 Å². The molecule has 0 saturated carbocycles. The van der Waals surface area contributed by atoms with Crippen molar-refractivity contribution in [3.8, 4) is 5.69 Å². The van der Waals surface area contributed by atoms with Gasteiger partial charge >= 0.3 is 11.6 Å². The summed E-state index contributed by atoms with van der Waals surface area (Å²) in [5.41, 5.74) is 8.89. The first-order valence-electron chi connectivity index (χ1n) is 6.97. The SMILES string of the molecule is Cc1cc(C)[n+](-c2ccccc2)c2nc(N)[nH]c(=O)c12.[O-][Cl+3]([O-])([O-])[O-]. The van der Waals surface area contributed by atoms with Crippen molar-refractivity contribution < 1.29 is 33.4 Å². The van der Waals surface area contributed by atoms with Gasteiger partial charge in [0.1, 0.15) is 16.8 Å². The van der Waals surface area contributed by atoms with Crippen LogP contribution in [-0.4, -0.2) is 9.97 Å². The molecular formula is C15H15ClN4O5. The maximum absolute atomic E-state index is 12.1. The number of nitrogens with two attached hydrogens (primary N) is 1. The molecule has 3 rings (SSSR count). The second-order valence-corrected chi connectivity index (χ2v) is 5.92. The van der Waals surface area contributed by atoms with E-state index in [1.807, 2.05) is 54.8 Å².